The normalized spacial score (nSPS) is 21.7. The van der Waals surface area contributed by atoms with Gasteiger partial charge >= 0.3 is 11.8 Å². The van der Waals surface area contributed by atoms with Gasteiger partial charge < -0.3 is 20.3 Å². The molecule has 0 spiro atoms. The second kappa shape index (κ2) is 11.1. The van der Waals surface area contributed by atoms with E-state index in [9.17, 15) is 24.4 Å². The molecule has 2 N–H and O–H groups in total. The molecule has 3 aliphatic heterocycles. The van der Waals surface area contributed by atoms with Crippen molar-refractivity contribution in [2.24, 2.45) is 13.0 Å². The van der Waals surface area contributed by atoms with Crippen LogP contribution in [0.1, 0.15) is 33.2 Å². The van der Waals surface area contributed by atoms with Crippen LogP contribution in [0.5, 0.6) is 0 Å². The van der Waals surface area contributed by atoms with Gasteiger partial charge in [0.2, 0.25) is 0 Å². The van der Waals surface area contributed by atoms with Crippen LogP contribution in [0, 0.1) is 23.1 Å². The smallest absolute Gasteiger partial charge is 0.407 e. The molecule has 13 nitrogen and oxygen atoms in total. The Hall–Kier alpha value is -5.85. The highest BCUT2D eigenvalue weighted by atomic mass is 19.3. The Bertz CT molecular complexity index is 2110. The van der Waals surface area contributed by atoms with Gasteiger partial charge in [-0.3, -0.25) is 23.6 Å². The highest BCUT2D eigenvalue weighted by molar-refractivity contribution is 6.21. The number of alkyl halides is 2. The van der Waals surface area contributed by atoms with Crippen molar-refractivity contribution < 1.29 is 32.3 Å². The number of imide groups is 1. The molecule has 3 amide bonds. The lowest BCUT2D eigenvalue weighted by Crippen LogP contribution is -2.64. The number of hydrogen-bond acceptors (Lipinski definition) is 9. The van der Waals surface area contributed by atoms with Gasteiger partial charge in [-0.2, -0.15) is 5.26 Å². The summed E-state index contributed by atoms with van der Waals surface area (Å²) in [5.74, 6) is -7.91. The van der Waals surface area contributed by atoms with Crippen molar-refractivity contribution in [1.82, 2.24) is 24.3 Å². The Morgan fingerprint density at radius 2 is 1.77 bits per heavy atom. The van der Waals surface area contributed by atoms with Crippen LogP contribution in [0.15, 0.2) is 53.3 Å². The molecule has 0 radical (unpaired) electrons. The number of imidazole rings is 1. The van der Waals surface area contributed by atoms with E-state index in [1.54, 1.807) is 25.2 Å². The maximum atomic E-state index is 15.7. The molecule has 3 aliphatic rings. The van der Waals surface area contributed by atoms with E-state index in [1.165, 1.54) is 45.2 Å². The number of nitriles is 1. The van der Waals surface area contributed by atoms with E-state index in [1.807, 2.05) is 6.07 Å². The Labute approximate surface area is 270 Å². The molecule has 2 aromatic carbocycles. The number of amides is 3. The average molecular weight is 661 g/mol. The van der Waals surface area contributed by atoms with E-state index in [-0.39, 0.29) is 53.7 Å². The van der Waals surface area contributed by atoms with E-state index in [0.717, 1.165) is 6.07 Å². The molecule has 246 valence electrons. The first-order chi connectivity index (χ1) is 22.9. The number of aryl methyl sites for hydroxylation is 1. The summed E-state index contributed by atoms with van der Waals surface area (Å²) in [6.07, 6.45) is -1.17. The van der Waals surface area contributed by atoms with Gasteiger partial charge in [0.05, 0.1) is 40.8 Å². The number of ether oxygens (including phenoxy) is 1. The standard InChI is InChI=1S/C32H27F3N8O5/c1-16-13-41(15-25(32(16,34)35)43-28(44)20-5-3-4-6-21(20)29(43)45)27-17(11-36)9-22(33)26(39-27)38-18-7-8-23-24(10-18)42(31(47)40(23)2)14-19-12-37-30(46)48-19/h3-10,16,19,25H,12-15H2,1-2H3,(H,37,46)(H,38,39)/t16-,19-,25+/m0/s1. The molecule has 3 atom stereocenters. The van der Waals surface area contributed by atoms with Crippen molar-refractivity contribution in [3.8, 4) is 6.07 Å². The number of nitrogens with zero attached hydrogens (tertiary/aromatic N) is 6. The summed E-state index contributed by atoms with van der Waals surface area (Å²) in [4.78, 5) is 57.2. The van der Waals surface area contributed by atoms with Crippen molar-refractivity contribution >= 4 is 46.3 Å². The van der Waals surface area contributed by atoms with Crippen molar-refractivity contribution in [1.29, 1.82) is 5.26 Å². The summed E-state index contributed by atoms with van der Waals surface area (Å²) >= 11 is 0. The molecule has 16 heteroatoms. The molecule has 0 aliphatic carbocycles. The quantitative estimate of drug-likeness (QED) is 0.297. The minimum Gasteiger partial charge on any atom is -0.442 e. The summed E-state index contributed by atoms with van der Waals surface area (Å²) in [5, 5.41) is 15.3. The molecule has 2 aromatic heterocycles. The molecule has 2 saturated heterocycles. The lowest BCUT2D eigenvalue weighted by molar-refractivity contribution is -0.111. The lowest BCUT2D eigenvalue weighted by atomic mass is 9.89. The Morgan fingerprint density at radius 1 is 1.06 bits per heavy atom. The van der Waals surface area contributed by atoms with Crippen LogP contribution in [-0.2, 0) is 18.3 Å². The van der Waals surface area contributed by atoms with Crippen molar-refractivity contribution in [3.05, 3.63) is 81.5 Å². The molecule has 4 aromatic rings. The Balaban J connectivity index is 1.22. The zero-order valence-electron chi connectivity index (χ0n) is 25.5. The second-order valence-electron chi connectivity index (χ2n) is 12.0. The third-order valence-corrected chi connectivity index (χ3v) is 9.04. The summed E-state index contributed by atoms with van der Waals surface area (Å²) < 4.78 is 54.9. The number of rotatable bonds is 6. The third kappa shape index (κ3) is 4.81. The number of halogens is 3. The third-order valence-electron chi connectivity index (χ3n) is 9.04. The summed E-state index contributed by atoms with van der Waals surface area (Å²) in [6.45, 7) is 0.694. The van der Waals surface area contributed by atoms with Crippen LogP contribution in [0.4, 0.5) is 35.3 Å². The average Bonchev–Trinajstić information content (AvgIpc) is 3.67. The maximum Gasteiger partial charge on any atom is 0.407 e. The molecule has 5 heterocycles. The number of carbonyl (C=O) groups is 3. The first-order valence-corrected chi connectivity index (χ1v) is 15.0. The highest BCUT2D eigenvalue weighted by Crippen LogP contribution is 2.41. The first kappa shape index (κ1) is 30.8. The van der Waals surface area contributed by atoms with Crippen LogP contribution in [0.2, 0.25) is 0 Å². The fourth-order valence-electron chi connectivity index (χ4n) is 6.53. The van der Waals surface area contributed by atoms with Gasteiger partial charge in [0, 0.05) is 31.7 Å². The minimum atomic E-state index is -3.48. The fraction of sp³-hybridized carbons (Fsp3) is 0.312. The lowest BCUT2D eigenvalue weighted by Gasteiger charge is -2.45. The van der Waals surface area contributed by atoms with Gasteiger partial charge in [0.15, 0.2) is 11.6 Å². The molecule has 0 bridgehead atoms. The zero-order valence-corrected chi connectivity index (χ0v) is 25.5. The molecular weight excluding hydrogens is 633 g/mol. The van der Waals surface area contributed by atoms with Gasteiger partial charge in [-0.15, -0.1) is 0 Å². The fourth-order valence-corrected chi connectivity index (χ4v) is 6.53. The van der Waals surface area contributed by atoms with Gasteiger partial charge in [-0.1, -0.05) is 19.1 Å². The molecule has 48 heavy (non-hydrogen) atoms. The number of hydrogen-bond donors (Lipinski definition) is 2. The summed E-state index contributed by atoms with van der Waals surface area (Å²) in [6, 6.07) is 11.6. The molecular formula is C32H27F3N8O5. The summed E-state index contributed by atoms with van der Waals surface area (Å²) in [5.41, 5.74) is 0.776. The molecule has 0 saturated carbocycles. The Kier molecular flexibility index (Phi) is 7.15. The minimum absolute atomic E-state index is 0.0221. The number of pyridine rings is 1. The molecule has 2 fully saturated rings. The van der Waals surface area contributed by atoms with Crippen LogP contribution < -0.4 is 21.2 Å². The van der Waals surface area contributed by atoms with Crippen LogP contribution in [0.25, 0.3) is 11.0 Å². The topological polar surface area (TPSA) is 155 Å². The molecule has 7 rings (SSSR count). The van der Waals surface area contributed by atoms with Crippen LogP contribution >= 0.6 is 0 Å². The number of fused-ring (bicyclic) bond motifs is 2. The zero-order chi connectivity index (χ0) is 34.1. The number of nitrogens with one attached hydrogen (secondary N) is 2. The predicted molar refractivity (Wildman–Crippen MR) is 165 cm³/mol. The van der Waals surface area contributed by atoms with E-state index < -0.39 is 54.3 Å². The number of aromatic nitrogens is 3. The summed E-state index contributed by atoms with van der Waals surface area (Å²) in [7, 11) is 1.58. The number of alkyl carbamates (subject to hydrolysis) is 1. The second-order valence-corrected chi connectivity index (χ2v) is 12.0. The Morgan fingerprint density at radius 3 is 2.42 bits per heavy atom. The molecule has 0 unspecified atom stereocenters. The van der Waals surface area contributed by atoms with Gasteiger partial charge in [-0.25, -0.2) is 27.7 Å². The van der Waals surface area contributed by atoms with E-state index in [2.05, 4.69) is 15.6 Å². The number of benzene rings is 2. The largest absolute Gasteiger partial charge is 0.442 e. The van der Waals surface area contributed by atoms with Crippen molar-refractivity contribution in [2.75, 3.05) is 29.9 Å². The van der Waals surface area contributed by atoms with Crippen molar-refractivity contribution in [2.45, 2.75) is 31.5 Å². The SMILES string of the molecule is C[C@H]1CN(c2nc(Nc3ccc4c(c3)n(C[C@@H]3CNC(=O)O3)c(=O)n4C)c(F)cc2C#N)C[C@@H](N2C(=O)c3ccccc3C2=O)C1(F)F. The van der Waals surface area contributed by atoms with Gasteiger partial charge in [0.1, 0.15) is 24.0 Å². The monoisotopic (exact) mass is 660 g/mol. The number of piperidine rings is 1. The van der Waals surface area contributed by atoms with E-state index in [0.29, 0.717) is 21.6 Å². The number of anilines is 3. The van der Waals surface area contributed by atoms with Crippen LogP contribution in [0.3, 0.4) is 0 Å². The van der Waals surface area contributed by atoms with Crippen LogP contribution in [-0.4, -0.2) is 74.6 Å². The first-order valence-electron chi connectivity index (χ1n) is 15.0. The van der Waals surface area contributed by atoms with Crippen molar-refractivity contribution in [3.63, 3.8) is 0 Å². The number of carbonyl (C=O) groups excluding carboxylic acids is 3. The number of cyclic esters (lactones) is 1. The van der Waals surface area contributed by atoms with E-state index in [4.69, 9.17) is 4.74 Å². The predicted octanol–water partition coefficient (Wildman–Crippen LogP) is 3.35. The van der Waals surface area contributed by atoms with Gasteiger partial charge in [0.25, 0.3) is 17.7 Å². The van der Waals surface area contributed by atoms with E-state index >= 15 is 13.2 Å². The highest BCUT2D eigenvalue weighted by Gasteiger charge is 2.57. The van der Waals surface area contributed by atoms with Gasteiger partial charge in [-0.05, 0) is 36.4 Å². The maximum absolute atomic E-state index is 15.7.